The third-order valence-electron chi connectivity index (χ3n) is 4.87. The molecule has 5 amide bonds. The lowest BCUT2D eigenvalue weighted by molar-refractivity contribution is -0.142. The van der Waals surface area contributed by atoms with Gasteiger partial charge < -0.3 is 57.8 Å². The summed E-state index contributed by atoms with van der Waals surface area (Å²) in [5.74, 6) is -8.71. The Kier molecular flexibility index (Phi) is 14.9. The van der Waals surface area contributed by atoms with E-state index in [9.17, 15) is 43.2 Å². The van der Waals surface area contributed by atoms with Gasteiger partial charge in [-0.2, -0.15) is 0 Å². The van der Waals surface area contributed by atoms with Crippen molar-refractivity contribution >= 4 is 49.3 Å². The van der Waals surface area contributed by atoms with Gasteiger partial charge in [-0.1, -0.05) is 0 Å². The van der Waals surface area contributed by atoms with Gasteiger partial charge in [0, 0.05) is 6.42 Å². The highest BCUT2D eigenvalue weighted by atomic mass is 31.2. The number of rotatable bonds is 18. The van der Waals surface area contributed by atoms with Crippen LogP contribution in [0, 0.1) is 0 Å². The second-order valence-electron chi connectivity index (χ2n) is 8.41. The molecule has 0 bridgehead atoms. The number of phosphoric acid groups is 1. The number of hydrogen-bond donors (Lipinski definition) is 11. The van der Waals surface area contributed by atoms with Crippen molar-refractivity contribution in [2.24, 2.45) is 11.5 Å². The number of aliphatic carboxylic acids is 2. The molecule has 0 aliphatic carbocycles. The first-order valence-corrected chi connectivity index (χ1v) is 12.9. The van der Waals surface area contributed by atoms with Crippen LogP contribution >= 0.6 is 7.82 Å². The van der Waals surface area contributed by atoms with Crippen LogP contribution in [0.2, 0.25) is 0 Å². The highest BCUT2D eigenvalue weighted by Gasteiger charge is 2.34. The molecule has 0 heterocycles. The molecule has 0 rings (SSSR count). The van der Waals surface area contributed by atoms with Gasteiger partial charge in [0.25, 0.3) is 0 Å². The molecule has 0 aliphatic rings. The van der Waals surface area contributed by atoms with Crippen LogP contribution in [0.25, 0.3) is 0 Å². The summed E-state index contributed by atoms with van der Waals surface area (Å²) in [6.07, 6.45) is -3.54. The van der Waals surface area contributed by atoms with Crippen molar-refractivity contribution in [1.82, 2.24) is 21.3 Å². The number of aliphatic hydroxyl groups is 1. The van der Waals surface area contributed by atoms with E-state index in [0.717, 1.165) is 13.8 Å². The summed E-state index contributed by atoms with van der Waals surface area (Å²) in [4.78, 5) is 101. The van der Waals surface area contributed by atoms with Gasteiger partial charge in [-0.3, -0.25) is 38.1 Å². The van der Waals surface area contributed by atoms with Crippen LogP contribution < -0.4 is 32.7 Å². The van der Waals surface area contributed by atoms with Crippen LogP contribution in [0.4, 0.5) is 0 Å². The fraction of sp³-hybridized carbons (Fsp3) is 0.632. The molecule has 0 aromatic rings. The second-order valence-corrected chi connectivity index (χ2v) is 9.65. The third-order valence-corrected chi connectivity index (χ3v) is 5.36. The SMILES string of the molecule is C[C@H](NC(=O)[C@@H](NC(=O)[C@H](COP(=O)(O)O)NC(=O)[C@H](CCC(=O)O)NC(=O)[C@@H](N)CC(N)=O)[C@@H](C)O)C(=O)O. The number of carbonyl (C=O) groups excluding carboxylic acids is 5. The average molecular weight is 600 g/mol. The van der Waals surface area contributed by atoms with E-state index in [2.05, 4.69) is 9.84 Å². The maximum atomic E-state index is 12.9. The van der Waals surface area contributed by atoms with E-state index < -0.39 is 111 Å². The monoisotopic (exact) mass is 600 g/mol. The first kappa shape index (κ1) is 36.3. The number of amides is 5. The maximum Gasteiger partial charge on any atom is 0.469 e. The van der Waals surface area contributed by atoms with Gasteiger partial charge in [0.05, 0.1) is 25.2 Å². The molecule has 0 radical (unpaired) electrons. The van der Waals surface area contributed by atoms with E-state index in [1.807, 2.05) is 16.0 Å². The third kappa shape index (κ3) is 14.5. The number of aliphatic hydroxyl groups excluding tert-OH is 1. The molecular weight excluding hydrogens is 567 g/mol. The van der Waals surface area contributed by atoms with Gasteiger partial charge in [-0.05, 0) is 20.3 Å². The molecule has 13 N–H and O–H groups in total. The van der Waals surface area contributed by atoms with Crippen molar-refractivity contribution in [3.8, 4) is 0 Å². The molecule has 40 heavy (non-hydrogen) atoms. The smallest absolute Gasteiger partial charge is 0.469 e. The first-order valence-electron chi connectivity index (χ1n) is 11.3. The number of carboxylic acid groups (broad SMARTS) is 2. The van der Waals surface area contributed by atoms with Crippen molar-refractivity contribution in [2.75, 3.05) is 6.61 Å². The summed E-state index contributed by atoms with van der Waals surface area (Å²) in [5, 5.41) is 35.8. The van der Waals surface area contributed by atoms with Crippen molar-refractivity contribution in [3.05, 3.63) is 0 Å². The van der Waals surface area contributed by atoms with Gasteiger partial charge in [0.1, 0.15) is 24.2 Å². The molecule has 0 unspecified atom stereocenters. The van der Waals surface area contributed by atoms with Crippen LogP contribution in [0.15, 0.2) is 0 Å². The normalized spacial score (nSPS) is 15.8. The number of hydrogen-bond acceptors (Lipinski definition) is 11. The standard InChI is InChI=1S/C19H33N6O14P/c1-7(19(34)35)22-18(33)14(8(2)26)25-17(32)11(6-39-40(36,37)38)24-16(31)10(3-4-13(28)29)23-15(30)9(20)5-12(21)27/h7-11,14,26H,3-6,20H2,1-2H3,(H2,21,27)(H,22,33)(H,23,30)(H,24,31)(H,25,32)(H,28,29)(H,34,35)(H2,36,37,38)/t7-,8+,9-,10-,11-,14-/m0/s1. The van der Waals surface area contributed by atoms with Crippen LogP contribution in [-0.2, 0) is 42.7 Å². The van der Waals surface area contributed by atoms with Gasteiger partial charge >= 0.3 is 19.8 Å². The molecule has 0 aromatic carbocycles. The Bertz CT molecular complexity index is 1020. The minimum Gasteiger partial charge on any atom is -0.481 e. The van der Waals surface area contributed by atoms with Gasteiger partial charge in [-0.15, -0.1) is 0 Å². The molecule has 0 saturated carbocycles. The van der Waals surface area contributed by atoms with E-state index >= 15 is 0 Å². The molecule has 0 fully saturated rings. The Morgan fingerprint density at radius 1 is 0.850 bits per heavy atom. The van der Waals surface area contributed by atoms with Crippen molar-refractivity contribution < 1.29 is 67.8 Å². The van der Waals surface area contributed by atoms with Gasteiger partial charge in [-0.25, -0.2) is 4.57 Å². The van der Waals surface area contributed by atoms with Crippen LogP contribution in [0.1, 0.15) is 33.1 Å². The fourth-order valence-electron chi connectivity index (χ4n) is 2.78. The number of primary amides is 1. The molecule has 21 heteroatoms. The lowest BCUT2D eigenvalue weighted by Crippen LogP contribution is -2.61. The number of carbonyl (C=O) groups is 7. The first-order chi connectivity index (χ1) is 18.2. The minimum absolute atomic E-state index is 0.574. The topological polar surface area (TPSA) is 347 Å². The quantitative estimate of drug-likeness (QED) is 0.0654. The molecular formula is C19H33N6O14P. The number of carboxylic acids is 2. The van der Waals surface area contributed by atoms with Crippen molar-refractivity contribution in [2.45, 2.75) is 69.4 Å². The van der Waals surface area contributed by atoms with Gasteiger partial charge in [0.2, 0.25) is 29.5 Å². The van der Waals surface area contributed by atoms with E-state index in [4.69, 9.17) is 31.5 Å². The highest BCUT2D eigenvalue weighted by molar-refractivity contribution is 7.46. The van der Waals surface area contributed by atoms with Crippen molar-refractivity contribution in [1.29, 1.82) is 0 Å². The lowest BCUT2D eigenvalue weighted by Gasteiger charge is -2.27. The summed E-state index contributed by atoms with van der Waals surface area (Å²) in [6, 6.07) is -8.53. The summed E-state index contributed by atoms with van der Waals surface area (Å²) in [7, 11) is -5.24. The zero-order valence-corrected chi connectivity index (χ0v) is 22.2. The van der Waals surface area contributed by atoms with E-state index in [0.29, 0.717) is 0 Å². The fourth-order valence-corrected chi connectivity index (χ4v) is 3.12. The number of nitrogens with one attached hydrogen (secondary N) is 4. The van der Waals surface area contributed by atoms with Crippen LogP contribution in [0.3, 0.4) is 0 Å². The van der Waals surface area contributed by atoms with Crippen molar-refractivity contribution in [3.63, 3.8) is 0 Å². The van der Waals surface area contributed by atoms with Crippen LogP contribution in [0.5, 0.6) is 0 Å². The Morgan fingerprint density at radius 3 is 1.82 bits per heavy atom. The highest BCUT2D eigenvalue weighted by Crippen LogP contribution is 2.35. The minimum atomic E-state index is -5.24. The molecule has 0 saturated heterocycles. The predicted molar refractivity (Wildman–Crippen MR) is 129 cm³/mol. The molecule has 20 nitrogen and oxygen atoms in total. The largest absolute Gasteiger partial charge is 0.481 e. The van der Waals surface area contributed by atoms with E-state index in [1.165, 1.54) is 0 Å². The molecule has 0 aliphatic heterocycles. The number of nitrogens with two attached hydrogens (primary N) is 2. The Morgan fingerprint density at radius 2 is 1.38 bits per heavy atom. The Labute approximate surface area is 226 Å². The second kappa shape index (κ2) is 16.4. The number of phosphoric ester groups is 1. The summed E-state index contributed by atoms with van der Waals surface area (Å²) < 4.78 is 15.4. The van der Waals surface area contributed by atoms with Gasteiger partial charge in [0.15, 0.2) is 0 Å². The summed E-state index contributed by atoms with van der Waals surface area (Å²) in [5.41, 5.74) is 10.5. The lowest BCUT2D eigenvalue weighted by atomic mass is 10.1. The predicted octanol–water partition coefficient (Wildman–Crippen LogP) is -5.41. The zero-order valence-electron chi connectivity index (χ0n) is 21.3. The zero-order chi connectivity index (χ0) is 31.4. The average Bonchev–Trinajstić information content (AvgIpc) is 2.80. The Hall–Kier alpha value is -3.68. The molecule has 0 spiro atoms. The van der Waals surface area contributed by atoms with Crippen LogP contribution in [-0.4, -0.2) is 110 Å². The summed E-state index contributed by atoms with van der Waals surface area (Å²) in [6.45, 7) is 0.906. The molecule has 0 aromatic heterocycles. The molecule has 6 atom stereocenters. The molecule has 228 valence electrons. The summed E-state index contributed by atoms with van der Waals surface area (Å²) >= 11 is 0. The maximum absolute atomic E-state index is 12.9. The Balaban J connectivity index is 5.95. The van der Waals surface area contributed by atoms with E-state index in [-0.39, 0.29) is 0 Å². The van der Waals surface area contributed by atoms with E-state index in [1.54, 1.807) is 0 Å².